The van der Waals surface area contributed by atoms with Crippen molar-refractivity contribution in [1.82, 2.24) is 4.90 Å². The Morgan fingerprint density at radius 2 is 2.00 bits per heavy atom. The van der Waals surface area contributed by atoms with E-state index in [0.717, 1.165) is 35.8 Å². The molecule has 4 heteroatoms. The number of thioether (sulfide) groups is 1. The summed E-state index contributed by atoms with van der Waals surface area (Å²) in [5.74, 6) is 0.805. The molecular weight excluding hydrogens is 235 g/mol. The molecule has 0 fully saturated rings. The van der Waals surface area contributed by atoms with E-state index in [1.54, 1.807) is 11.8 Å². The predicted molar refractivity (Wildman–Crippen MR) is 72.8 cm³/mol. The van der Waals surface area contributed by atoms with Gasteiger partial charge in [0.25, 0.3) is 0 Å². The van der Waals surface area contributed by atoms with Crippen LogP contribution in [-0.4, -0.2) is 30.3 Å². The van der Waals surface area contributed by atoms with Crippen molar-refractivity contribution in [2.24, 2.45) is 5.73 Å². The fourth-order valence-electron chi connectivity index (χ4n) is 1.67. The molecular formula is C13H21FN2S. The molecule has 0 aliphatic carbocycles. The highest BCUT2D eigenvalue weighted by atomic mass is 32.2. The van der Waals surface area contributed by atoms with Crippen molar-refractivity contribution in [2.45, 2.75) is 25.3 Å². The number of hydrogen-bond acceptors (Lipinski definition) is 3. The van der Waals surface area contributed by atoms with Crippen LogP contribution in [0, 0.1) is 5.82 Å². The van der Waals surface area contributed by atoms with Gasteiger partial charge in [-0.1, -0.05) is 13.8 Å². The average molecular weight is 256 g/mol. The largest absolute Gasteiger partial charge is 0.326 e. The average Bonchev–Trinajstić information content (AvgIpc) is 2.36. The van der Waals surface area contributed by atoms with Crippen molar-refractivity contribution in [2.75, 3.05) is 25.4 Å². The normalized spacial score (nSPS) is 11.1. The topological polar surface area (TPSA) is 29.3 Å². The standard InChI is InChI=1S/C13H21FN2S/c1-3-16(4-2)7-8-17-13-6-5-12(14)9-11(13)10-15/h5-6,9H,3-4,7-8,10,15H2,1-2H3. The highest BCUT2D eigenvalue weighted by Gasteiger charge is 2.05. The van der Waals surface area contributed by atoms with Crippen LogP contribution in [0.25, 0.3) is 0 Å². The van der Waals surface area contributed by atoms with Gasteiger partial charge in [-0.3, -0.25) is 0 Å². The molecule has 96 valence electrons. The Morgan fingerprint density at radius 3 is 2.59 bits per heavy atom. The van der Waals surface area contributed by atoms with Gasteiger partial charge in [0, 0.05) is 23.7 Å². The van der Waals surface area contributed by atoms with E-state index in [4.69, 9.17) is 5.73 Å². The highest BCUT2D eigenvalue weighted by molar-refractivity contribution is 7.99. The summed E-state index contributed by atoms with van der Waals surface area (Å²) in [6, 6.07) is 4.85. The lowest BCUT2D eigenvalue weighted by Gasteiger charge is -2.17. The SMILES string of the molecule is CCN(CC)CCSc1ccc(F)cc1CN. The van der Waals surface area contributed by atoms with Crippen LogP contribution in [0.5, 0.6) is 0 Å². The van der Waals surface area contributed by atoms with Gasteiger partial charge in [0.2, 0.25) is 0 Å². The Labute approximate surface area is 107 Å². The Hall–Kier alpha value is -0.580. The molecule has 2 N–H and O–H groups in total. The van der Waals surface area contributed by atoms with E-state index in [2.05, 4.69) is 18.7 Å². The second-order valence-corrected chi connectivity index (χ2v) is 4.97. The first-order valence-electron chi connectivity index (χ1n) is 6.04. The molecule has 0 amide bonds. The van der Waals surface area contributed by atoms with E-state index in [1.807, 2.05) is 6.07 Å². The first kappa shape index (κ1) is 14.5. The molecule has 1 aromatic rings. The van der Waals surface area contributed by atoms with E-state index in [1.165, 1.54) is 12.1 Å². The van der Waals surface area contributed by atoms with Crippen LogP contribution >= 0.6 is 11.8 Å². The van der Waals surface area contributed by atoms with Crippen LogP contribution in [0.2, 0.25) is 0 Å². The van der Waals surface area contributed by atoms with Gasteiger partial charge in [-0.05, 0) is 36.9 Å². The third kappa shape index (κ3) is 4.66. The van der Waals surface area contributed by atoms with Crippen molar-refractivity contribution in [1.29, 1.82) is 0 Å². The molecule has 0 aliphatic rings. The Bertz CT molecular complexity index is 340. The lowest BCUT2D eigenvalue weighted by molar-refractivity contribution is 0.324. The fraction of sp³-hybridized carbons (Fsp3) is 0.538. The Kier molecular flexibility index (Phi) is 6.55. The lowest BCUT2D eigenvalue weighted by atomic mass is 10.2. The molecule has 17 heavy (non-hydrogen) atoms. The van der Waals surface area contributed by atoms with Gasteiger partial charge in [0.05, 0.1) is 0 Å². The first-order valence-corrected chi connectivity index (χ1v) is 7.03. The maximum Gasteiger partial charge on any atom is 0.123 e. The number of benzene rings is 1. The van der Waals surface area contributed by atoms with Crippen molar-refractivity contribution in [3.63, 3.8) is 0 Å². The van der Waals surface area contributed by atoms with E-state index < -0.39 is 0 Å². The highest BCUT2D eigenvalue weighted by Crippen LogP contribution is 2.23. The number of nitrogens with two attached hydrogens (primary N) is 1. The van der Waals surface area contributed by atoms with Gasteiger partial charge in [-0.25, -0.2) is 4.39 Å². The number of nitrogens with zero attached hydrogens (tertiary/aromatic N) is 1. The minimum Gasteiger partial charge on any atom is -0.326 e. The fourth-order valence-corrected chi connectivity index (χ4v) is 2.73. The lowest BCUT2D eigenvalue weighted by Crippen LogP contribution is -2.25. The molecule has 0 aliphatic heterocycles. The summed E-state index contributed by atoms with van der Waals surface area (Å²) in [5.41, 5.74) is 6.51. The molecule has 0 bridgehead atoms. The van der Waals surface area contributed by atoms with E-state index in [0.29, 0.717) is 6.54 Å². The number of hydrogen-bond donors (Lipinski definition) is 1. The summed E-state index contributed by atoms with van der Waals surface area (Å²) in [6.45, 7) is 7.92. The van der Waals surface area contributed by atoms with Crippen LogP contribution in [0.3, 0.4) is 0 Å². The van der Waals surface area contributed by atoms with Gasteiger partial charge in [0.1, 0.15) is 5.82 Å². The molecule has 0 unspecified atom stereocenters. The molecule has 0 saturated heterocycles. The molecule has 0 heterocycles. The molecule has 0 aromatic heterocycles. The van der Waals surface area contributed by atoms with Gasteiger partial charge in [0.15, 0.2) is 0 Å². The molecule has 2 nitrogen and oxygen atoms in total. The summed E-state index contributed by atoms with van der Waals surface area (Å²) in [4.78, 5) is 3.47. The van der Waals surface area contributed by atoms with Crippen molar-refractivity contribution in [3.05, 3.63) is 29.6 Å². The molecule has 1 aromatic carbocycles. The van der Waals surface area contributed by atoms with Gasteiger partial charge in [-0.2, -0.15) is 0 Å². The zero-order valence-corrected chi connectivity index (χ0v) is 11.4. The summed E-state index contributed by atoms with van der Waals surface area (Å²) in [7, 11) is 0. The van der Waals surface area contributed by atoms with E-state index in [9.17, 15) is 4.39 Å². The predicted octanol–water partition coefficient (Wildman–Crippen LogP) is 2.72. The summed E-state index contributed by atoms with van der Waals surface area (Å²) in [5, 5.41) is 0. The van der Waals surface area contributed by atoms with Crippen LogP contribution in [-0.2, 0) is 6.54 Å². The maximum atomic E-state index is 13.0. The zero-order chi connectivity index (χ0) is 12.7. The third-order valence-corrected chi connectivity index (χ3v) is 3.90. The number of rotatable bonds is 7. The molecule has 0 spiro atoms. The van der Waals surface area contributed by atoms with Crippen LogP contribution in [0.15, 0.2) is 23.1 Å². The monoisotopic (exact) mass is 256 g/mol. The molecule has 0 saturated carbocycles. The smallest absolute Gasteiger partial charge is 0.123 e. The minimum absolute atomic E-state index is 0.210. The van der Waals surface area contributed by atoms with Crippen LogP contribution in [0.1, 0.15) is 19.4 Å². The van der Waals surface area contributed by atoms with Gasteiger partial charge in [-0.15, -0.1) is 11.8 Å². The Morgan fingerprint density at radius 1 is 1.29 bits per heavy atom. The maximum absolute atomic E-state index is 13.0. The van der Waals surface area contributed by atoms with E-state index in [-0.39, 0.29) is 5.82 Å². The molecule has 1 rings (SSSR count). The van der Waals surface area contributed by atoms with E-state index >= 15 is 0 Å². The molecule has 0 radical (unpaired) electrons. The van der Waals surface area contributed by atoms with Crippen LogP contribution < -0.4 is 5.73 Å². The van der Waals surface area contributed by atoms with Crippen molar-refractivity contribution in [3.8, 4) is 0 Å². The summed E-state index contributed by atoms with van der Waals surface area (Å²) in [6.07, 6.45) is 0. The second kappa shape index (κ2) is 7.69. The minimum atomic E-state index is -0.210. The summed E-state index contributed by atoms with van der Waals surface area (Å²) < 4.78 is 13.0. The quantitative estimate of drug-likeness (QED) is 0.761. The van der Waals surface area contributed by atoms with Gasteiger partial charge >= 0.3 is 0 Å². The second-order valence-electron chi connectivity index (χ2n) is 3.83. The van der Waals surface area contributed by atoms with Gasteiger partial charge < -0.3 is 10.6 Å². The Balaban J connectivity index is 2.51. The number of halogens is 1. The van der Waals surface area contributed by atoms with Crippen molar-refractivity contribution >= 4 is 11.8 Å². The third-order valence-electron chi connectivity index (χ3n) is 2.80. The van der Waals surface area contributed by atoms with Crippen LogP contribution in [0.4, 0.5) is 4.39 Å². The molecule has 0 atom stereocenters. The van der Waals surface area contributed by atoms with Crippen molar-refractivity contribution < 1.29 is 4.39 Å². The first-order chi connectivity index (χ1) is 8.21. The zero-order valence-electron chi connectivity index (χ0n) is 10.6. The summed E-state index contributed by atoms with van der Waals surface area (Å²) >= 11 is 1.75.